The first-order chi connectivity index (χ1) is 15.9. The van der Waals surface area contributed by atoms with E-state index in [-0.39, 0.29) is 5.63 Å². The first-order valence-corrected chi connectivity index (χ1v) is 12.0. The molecular formula is C27H30N4O2. The van der Waals surface area contributed by atoms with E-state index in [4.69, 9.17) is 4.42 Å². The third-order valence-corrected chi connectivity index (χ3v) is 7.65. The van der Waals surface area contributed by atoms with Gasteiger partial charge in [0, 0.05) is 53.2 Å². The number of nitrogens with one attached hydrogen (secondary N) is 1. The van der Waals surface area contributed by atoms with Crippen molar-refractivity contribution in [2.75, 3.05) is 12.4 Å². The molecule has 5 heterocycles. The molecule has 3 aromatic heterocycles. The van der Waals surface area contributed by atoms with Crippen LogP contribution in [-0.2, 0) is 0 Å². The molecule has 1 N–H and O–H groups in total. The van der Waals surface area contributed by atoms with Crippen LogP contribution in [0.1, 0.15) is 43.5 Å². The standard InChI is InChI=1S/C27H30N4O2/c1-16-14-31-15-19(10-25(31)17(2)28-16)24-9-18-7-8-20(13-26(18)33-27(24)32)29-21-11-22-5-4-6-23(12-21)30(22)3/h7-10,13-15,21-23,29H,4-6,11-12H2,1-3H3/t21?,22-,23+. The molecule has 0 spiro atoms. The van der Waals surface area contributed by atoms with Crippen molar-refractivity contribution >= 4 is 22.2 Å². The zero-order valence-electron chi connectivity index (χ0n) is 19.5. The molecule has 0 saturated carbocycles. The fraction of sp³-hybridized carbons (Fsp3) is 0.407. The molecule has 6 heteroatoms. The average Bonchev–Trinajstić information content (AvgIpc) is 3.18. The van der Waals surface area contributed by atoms with Crippen LogP contribution in [0.4, 0.5) is 5.69 Å². The smallest absolute Gasteiger partial charge is 0.344 e. The van der Waals surface area contributed by atoms with E-state index < -0.39 is 0 Å². The van der Waals surface area contributed by atoms with Crippen LogP contribution in [0.5, 0.6) is 0 Å². The fourth-order valence-corrected chi connectivity index (χ4v) is 5.95. The Labute approximate surface area is 193 Å². The van der Waals surface area contributed by atoms with E-state index in [2.05, 4.69) is 28.3 Å². The first-order valence-electron chi connectivity index (χ1n) is 12.0. The van der Waals surface area contributed by atoms with Gasteiger partial charge in [-0.15, -0.1) is 0 Å². The minimum absolute atomic E-state index is 0.313. The maximum atomic E-state index is 12.9. The van der Waals surface area contributed by atoms with Crippen molar-refractivity contribution in [1.82, 2.24) is 14.3 Å². The summed E-state index contributed by atoms with van der Waals surface area (Å²) < 4.78 is 7.82. The van der Waals surface area contributed by atoms with Gasteiger partial charge in [0.1, 0.15) is 5.58 Å². The van der Waals surface area contributed by atoms with E-state index in [1.165, 1.54) is 32.1 Å². The van der Waals surface area contributed by atoms with E-state index in [1.807, 2.05) is 54.9 Å². The summed E-state index contributed by atoms with van der Waals surface area (Å²) in [6, 6.07) is 11.9. The SMILES string of the molecule is Cc1cn2cc(-c3cc4ccc(NC5C[C@H]6CCC[C@@H](C5)N6C)cc4oc3=O)cc2c(C)n1. The average molecular weight is 443 g/mol. The molecule has 4 aromatic rings. The van der Waals surface area contributed by atoms with Crippen molar-refractivity contribution in [3.05, 3.63) is 64.5 Å². The molecule has 33 heavy (non-hydrogen) atoms. The molecule has 2 saturated heterocycles. The number of hydrogen-bond donors (Lipinski definition) is 1. The van der Waals surface area contributed by atoms with Crippen molar-refractivity contribution in [2.24, 2.45) is 0 Å². The lowest BCUT2D eigenvalue weighted by molar-refractivity contribution is 0.0608. The Morgan fingerprint density at radius 1 is 1.06 bits per heavy atom. The molecule has 6 rings (SSSR count). The summed E-state index contributed by atoms with van der Waals surface area (Å²) in [6.07, 6.45) is 10.2. The highest BCUT2D eigenvalue weighted by Gasteiger charge is 2.35. The van der Waals surface area contributed by atoms with Crippen LogP contribution in [0.15, 0.2) is 51.9 Å². The number of fused-ring (bicyclic) bond motifs is 4. The van der Waals surface area contributed by atoms with E-state index >= 15 is 0 Å². The summed E-state index contributed by atoms with van der Waals surface area (Å²) in [5, 5.41) is 4.65. The maximum Gasteiger partial charge on any atom is 0.344 e. The van der Waals surface area contributed by atoms with Gasteiger partial charge in [-0.1, -0.05) is 6.42 Å². The number of nitrogens with zero attached hydrogens (tertiary/aromatic N) is 3. The van der Waals surface area contributed by atoms with Gasteiger partial charge < -0.3 is 19.0 Å². The van der Waals surface area contributed by atoms with Gasteiger partial charge in [-0.05, 0) is 70.8 Å². The molecule has 6 nitrogen and oxygen atoms in total. The topological polar surface area (TPSA) is 62.8 Å². The van der Waals surface area contributed by atoms with Crippen LogP contribution in [-0.4, -0.2) is 39.5 Å². The van der Waals surface area contributed by atoms with Crippen LogP contribution >= 0.6 is 0 Å². The largest absolute Gasteiger partial charge is 0.422 e. The van der Waals surface area contributed by atoms with Crippen LogP contribution in [0.25, 0.3) is 27.6 Å². The van der Waals surface area contributed by atoms with Crippen molar-refractivity contribution in [3.63, 3.8) is 0 Å². The lowest BCUT2D eigenvalue weighted by Crippen LogP contribution is -2.52. The molecule has 2 aliphatic heterocycles. The molecule has 0 radical (unpaired) electrons. The third-order valence-electron chi connectivity index (χ3n) is 7.65. The van der Waals surface area contributed by atoms with E-state index in [0.717, 1.165) is 33.5 Å². The Balaban J connectivity index is 1.30. The molecular weight excluding hydrogens is 412 g/mol. The Morgan fingerprint density at radius 2 is 1.85 bits per heavy atom. The van der Waals surface area contributed by atoms with E-state index in [9.17, 15) is 4.79 Å². The highest BCUT2D eigenvalue weighted by molar-refractivity contribution is 5.85. The second kappa shape index (κ2) is 7.73. The number of rotatable bonds is 3. The molecule has 2 aliphatic rings. The summed E-state index contributed by atoms with van der Waals surface area (Å²) in [7, 11) is 2.28. The number of piperidine rings is 2. The molecule has 170 valence electrons. The van der Waals surface area contributed by atoms with Gasteiger partial charge in [0.25, 0.3) is 0 Å². The van der Waals surface area contributed by atoms with Crippen molar-refractivity contribution in [2.45, 2.75) is 64.1 Å². The monoisotopic (exact) mass is 442 g/mol. The van der Waals surface area contributed by atoms with Gasteiger partial charge in [-0.2, -0.15) is 0 Å². The second-order valence-electron chi connectivity index (χ2n) is 9.91. The minimum Gasteiger partial charge on any atom is -0.422 e. The van der Waals surface area contributed by atoms with Gasteiger partial charge in [0.05, 0.1) is 22.5 Å². The predicted molar refractivity (Wildman–Crippen MR) is 132 cm³/mol. The number of anilines is 1. The second-order valence-corrected chi connectivity index (χ2v) is 9.91. The van der Waals surface area contributed by atoms with Crippen LogP contribution in [0.3, 0.4) is 0 Å². The van der Waals surface area contributed by atoms with Crippen LogP contribution in [0, 0.1) is 13.8 Å². The summed E-state index contributed by atoms with van der Waals surface area (Å²) in [6.45, 7) is 3.96. The number of benzene rings is 1. The quantitative estimate of drug-likeness (QED) is 0.445. The molecule has 2 fully saturated rings. The predicted octanol–water partition coefficient (Wildman–Crippen LogP) is 5.15. The number of aryl methyl sites for hydroxylation is 2. The Hall–Kier alpha value is -3.12. The molecule has 1 aromatic carbocycles. The van der Waals surface area contributed by atoms with Gasteiger partial charge in [0.15, 0.2) is 0 Å². The van der Waals surface area contributed by atoms with Crippen LogP contribution in [0.2, 0.25) is 0 Å². The van der Waals surface area contributed by atoms with E-state index in [1.54, 1.807) is 0 Å². The lowest BCUT2D eigenvalue weighted by atomic mass is 9.82. The molecule has 3 atom stereocenters. The third kappa shape index (κ3) is 3.62. The first kappa shape index (κ1) is 20.5. The Bertz CT molecular complexity index is 1410. The van der Waals surface area contributed by atoms with E-state index in [0.29, 0.717) is 29.3 Å². The number of aromatic nitrogens is 2. The zero-order valence-corrected chi connectivity index (χ0v) is 19.5. The van der Waals surface area contributed by atoms with Gasteiger partial charge in [-0.3, -0.25) is 4.98 Å². The van der Waals surface area contributed by atoms with Crippen LogP contribution < -0.4 is 10.9 Å². The van der Waals surface area contributed by atoms with Crippen molar-refractivity contribution in [3.8, 4) is 11.1 Å². The summed E-state index contributed by atoms with van der Waals surface area (Å²) >= 11 is 0. The summed E-state index contributed by atoms with van der Waals surface area (Å²) in [5.74, 6) is 0. The summed E-state index contributed by atoms with van der Waals surface area (Å²) in [4.78, 5) is 20.0. The minimum atomic E-state index is -0.313. The molecule has 0 aliphatic carbocycles. The van der Waals surface area contributed by atoms with Gasteiger partial charge >= 0.3 is 5.63 Å². The summed E-state index contributed by atoms with van der Waals surface area (Å²) in [5.41, 5.74) is 5.65. The number of hydrogen-bond acceptors (Lipinski definition) is 5. The van der Waals surface area contributed by atoms with Crippen molar-refractivity contribution in [1.29, 1.82) is 0 Å². The van der Waals surface area contributed by atoms with Gasteiger partial charge in [-0.25, -0.2) is 4.79 Å². The zero-order chi connectivity index (χ0) is 22.7. The molecule has 1 unspecified atom stereocenters. The van der Waals surface area contributed by atoms with Gasteiger partial charge in [0.2, 0.25) is 0 Å². The Morgan fingerprint density at radius 3 is 2.64 bits per heavy atom. The fourth-order valence-electron chi connectivity index (χ4n) is 5.95. The highest BCUT2D eigenvalue weighted by atomic mass is 16.4. The Kier molecular flexibility index (Phi) is 4.80. The lowest BCUT2D eigenvalue weighted by Gasteiger charge is -2.47. The molecule has 0 amide bonds. The van der Waals surface area contributed by atoms with Crippen molar-refractivity contribution < 1.29 is 4.42 Å². The normalized spacial score (nSPS) is 23.3. The maximum absolute atomic E-state index is 12.9. The highest BCUT2D eigenvalue weighted by Crippen LogP contribution is 2.34. The molecule has 2 bridgehead atoms.